The van der Waals surface area contributed by atoms with Gasteiger partial charge in [0, 0.05) is 54.6 Å². The molecule has 1 fully saturated rings. The van der Waals surface area contributed by atoms with Crippen LogP contribution in [-0.2, 0) is 4.79 Å². The van der Waals surface area contributed by atoms with Gasteiger partial charge >= 0.3 is 0 Å². The van der Waals surface area contributed by atoms with Crippen LogP contribution in [0.4, 0.5) is 0 Å². The van der Waals surface area contributed by atoms with Crippen molar-refractivity contribution in [3.8, 4) is 17.2 Å². The lowest BCUT2D eigenvalue weighted by atomic mass is 9.90. The van der Waals surface area contributed by atoms with E-state index in [0.29, 0.717) is 24.5 Å². The molecular formula is C25H28N4O3S. The van der Waals surface area contributed by atoms with E-state index in [1.807, 2.05) is 54.2 Å². The fourth-order valence-electron chi connectivity index (χ4n) is 4.24. The number of carbonyl (C=O) groups is 1. The monoisotopic (exact) mass is 464 g/mol. The Morgan fingerprint density at radius 3 is 2.73 bits per heavy atom. The molecule has 1 N–H and O–H groups in total. The average molecular weight is 465 g/mol. The van der Waals surface area contributed by atoms with Gasteiger partial charge in [0.2, 0.25) is 11.8 Å². The molecule has 2 aliphatic heterocycles. The second kappa shape index (κ2) is 9.97. The average Bonchev–Trinajstić information content (AvgIpc) is 3.28. The number of ether oxygens (including phenoxy) is 1. The summed E-state index contributed by atoms with van der Waals surface area (Å²) in [7, 11) is 0. The van der Waals surface area contributed by atoms with Crippen LogP contribution in [0.15, 0.2) is 52.0 Å². The first-order valence-corrected chi connectivity index (χ1v) is 12.7. The zero-order chi connectivity index (χ0) is 22.6. The number of amides is 1. The SMILES string of the molecule is CCC1CC(=O)NN=C1c1ccc2nc(-c3ccc(OCCN4CCSCC4)cc3)oc2c1. The number of benzene rings is 2. The molecule has 172 valence electrons. The predicted octanol–water partition coefficient (Wildman–Crippen LogP) is 4.17. The van der Waals surface area contributed by atoms with Gasteiger partial charge in [0.1, 0.15) is 17.9 Å². The van der Waals surface area contributed by atoms with Gasteiger partial charge in [0.15, 0.2) is 5.58 Å². The number of thioether (sulfide) groups is 1. The highest BCUT2D eigenvalue weighted by atomic mass is 32.2. The number of carbonyl (C=O) groups excluding carboxylic acids is 1. The summed E-state index contributed by atoms with van der Waals surface area (Å²) in [6, 6.07) is 13.8. The molecule has 1 aromatic heterocycles. The van der Waals surface area contributed by atoms with Crippen molar-refractivity contribution in [1.82, 2.24) is 15.3 Å². The van der Waals surface area contributed by atoms with Crippen molar-refractivity contribution in [2.75, 3.05) is 37.7 Å². The van der Waals surface area contributed by atoms with Crippen molar-refractivity contribution in [2.24, 2.45) is 11.0 Å². The molecule has 2 aliphatic rings. The maximum Gasteiger partial charge on any atom is 0.240 e. The van der Waals surface area contributed by atoms with Gasteiger partial charge in [0.05, 0.1) is 5.71 Å². The molecule has 3 heterocycles. The third-order valence-electron chi connectivity index (χ3n) is 6.18. The van der Waals surface area contributed by atoms with E-state index in [-0.39, 0.29) is 11.8 Å². The first-order valence-electron chi connectivity index (χ1n) is 11.5. The molecule has 2 aromatic carbocycles. The van der Waals surface area contributed by atoms with Gasteiger partial charge in [-0.1, -0.05) is 13.0 Å². The Kier molecular flexibility index (Phi) is 6.64. The molecule has 0 bridgehead atoms. The summed E-state index contributed by atoms with van der Waals surface area (Å²) >= 11 is 2.02. The molecule has 0 spiro atoms. The van der Waals surface area contributed by atoms with Crippen LogP contribution in [0.2, 0.25) is 0 Å². The minimum absolute atomic E-state index is 0.0355. The number of nitrogens with zero attached hydrogens (tertiary/aromatic N) is 3. The van der Waals surface area contributed by atoms with Crippen LogP contribution in [0.3, 0.4) is 0 Å². The van der Waals surface area contributed by atoms with Crippen LogP contribution in [0.25, 0.3) is 22.6 Å². The van der Waals surface area contributed by atoms with Gasteiger partial charge in [-0.05, 0) is 42.8 Å². The molecule has 33 heavy (non-hydrogen) atoms. The van der Waals surface area contributed by atoms with Crippen molar-refractivity contribution in [3.05, 3.63) is 48.0 Å². The zero-order valence-electron chi connectivity index (χ0n) is 18.8. The van der Waals surface area contributed by atoms with Gasteiger partial charge in [-0.3, -0.25) is 9.69 Å². The summed E-state index contributed by atoms with van der Waals surface area (Å²) in [6.07, 6.45) is 1.32. The molecule has 1 amide bonds. The Morgan fingerprint density at radius 1 is 1.15 bits per heavy atom. The number of hydrogen-bond acceptors (Lipinski definition) is 7. The Bertz CT molecular complexity index is 1150. The van der Waals surface area contributed by atoms with E-state index >= 15 is 0 Å². The van der Waals surface area contributed by atoms with Crippen molar-refractivity contribution >= 4 is 34.5 Å². The van der Waals surface area contributed by atoms with Crippen molar-refractivity contribution in [2.45, 2.75) is 19.8 Å². The molecule has 3 aromatic rings. The van der Waals surface area contributed by atoms with E-state index in [2.05, 4.69) is 27.3 Å². The third kappa shape index (κ3) is 5.07. The maximum absolute atomic E-state index is 11.7. The molecule has 0 aliphatic carbocycles. The summed E-state index contributed by atoms with van der Waals surface area (Å²) < 4.78 is 12.0. The first kappa shape index (κ1) is 22.0. The van der Waals surface area contributed by atoms with E-state index in [1.165, 1.54) is 11.5 Å². The van der Waals surface area contributed by atoms with Crippen LogP contribution in [0.5, 0.6) is 5.75 Å². The Labute approximate surface area is 197 Å². The van der Waals surface area contributed by atoms with E-state index in [9.17, 15) is 4.79 Å². The minimum atomic E-state index is -0.0355. The molecule has 1 saturated heterocycles. The largest absolute Gasteiger partial charge is 0.492 e. The Morgan fingerprint density at radius 2 is 1.94 bits per heavy atom. The number of rotatable bonds is 7. The van der Waals surface area contributed by atoms with E-state index in [4.69, 9.17) is 9.15 Å². The fraction of sp³-hybridized carbons (Fsp3) is 0.400. The van der Waals surface area contributed by atoms with Gasteiger partial charge in [-0.25, -0.2) is 10.4 Å². The van der Waals surface area contributed by atoms with Crippen molar-refractivity contribution in [1.29, 1.82) is 0 Å². The standard InChI is InChI=1S/C25H28N4O3S/c1-2-17-16-23(30)27-28-24(17)19-5-8-21-22(15-19)32-25(26-21)18-3-6-20(7-4-18)31-12-9-29-10-13-33-14-11-29/h3-8,15,17H,2,9-14,16H2,1H3,(H,27,30). The number of hydrogen-bond donors (Lipinski definition) is 1. The number of oxazole rings is 1. The number of aromatic nitrogens is 1. The quantitative estimate of drug-likeness (QED) is 0.565. The van der Waals surface area contributed by atoms with Gasteiger partial charge < -0.3 is 9.15 Å². The van der Waals surface area contributed by atoms with Crippen molar-refractivity contribution < 1.29 is 13.9 Å². The lowest BCUT2D eigenvalue weighted by Gasteiger charge is -2.25. The predicted molar refractivity (Wildman–Crippen MR) is 132 cm³/mol. The fourth-order valence-corrected chi connectivity index (χ4v) is 5.22. The minimum Gasteiger partial charge on any atom is -0.492 e. The lowest BCUT2D eigenvalue weighted by molar-refractivity contribution is -0.122. The molecule has 5 rings (SSSR count). The molecule has 1 unspecified atom stereocenters. The second-order valence-electron chi connectivity index (χ2n) is 8.37. The Balaban J connectivity index is 1.27. The normalized spacial score (nSPS) is 19.4. The second-order valence-corrected chi connectivity index (χ2v) is 9.59. The lowest BCUT2D eigenvalue weighted by Crippen LogP contribution is -2.35. The summed E-state index contributed by atoms with van der Waals surface area (Å²) in [5.74, 6) is 3.93. The highest BCUT2D eigenvalue weighted by molar-refractivity contribution is 7.99. The molecule has 1 atom stereocenters. The molecule has 0 saturated carbocycles. The van der Waals surface area contributed by atoms with Gasteiger partial charge in [-0.2, -0.15) is 16.9 Å². The van der Waals surface area contributed by atoms with E-state index in [0.717, 1.165) is 54.2 Å². The first-order chi connectivity index (χ1) is 16.2. The highest BCUT2D eigenvalue weighted by Gasteiger charge is 2.24. The summed E-state index contributed by atoms with van der Waals surface area (Å²) in [6.45, 7) is 6.02. The number of fused-ring (bicyclic) bond motifs is 1. The van der Waals surface area contributed by atoms with Crippen LogP contribution in [0, 0.1) is 5.92 Å². The van der Waals surface area contributed by atoms with Gasteiger partial charge in [-0.15, -0.1) is 0 Å². The molecule has 7 nitrogen and oxygen atoms in total. The van der Waals surface area contributed by atoms with Crippen LogP contribution in [-0.4, -0.2) is 59.2 Å². The van der Waals surface area contributed by atoms with Crippen molar-refractivity contribution in [3.63, 3.8) is 0 Å². The number of nitrogens with one attached hydrogen (secondary N) is 1. The smallest absolute Gasteiger partial charge is 0.240 e. The summed E-state index contributed by atoms with van der Waals surface area (Å²) in [4.78, 5) is 18.8. The number of hydrazone groups is 1. The van der Waals surface area contributed by atoms with Crippen LogP contribution >= 0.6 is 11.8 Å². The highest BCUT2D eigenvalue weighted by Crippen LogP contribution is 2.28. The van der Waals surface area contributed by atoms with Crippen LogP contribution in [0.1, 0.15) is 25.3 Å². The summed E-state index contributed by atoms with van der Waals surface area (Å²) in [5, 5.41) is 4.31. The third-order valence-corrected chi connectivity index (χ3v) is 7.12. The Hall–Kier alpha value is -2.84. The maximum atomic E-state index is 11.7. The summed E-state index contributed by atoms with van der Waals surface area (Å²) in [5.41, 5.74) is 6.85. The molecule has 0 radical (unpaired) electrons. The van der Waals surface area contributed by atoms with E-state index in [1.54, 1.807) is 0 Å². The van der Waals surface area contributed by atoms with Crippen LogP contribution < -0.4 is 10.2 Å². The topological polar surface area (TPSA) is 80.0 Å². The molecule has 8 heteroatoms. The molecular weight excluding hydrogens is 436 g/mol. The van der Waals surface area contributed by atoms with E-state index < -0.39 is 0 Å². The van der Waals surface area contributed by atoms with Gasteiger partial charge in [0.25, 0.3) is 0 Å². The zero-order valence-corrected chi connectivity index (χ0v) is 19.6.